The zero-order chi connectivity index (χ0) is 22.5. The van der Waals surface area contributed by atoms with Crippen LogP contribution in [-0.2, 0) is 20.9 Å². The molecule has 0 aromatic heterocycles. The van der Waals surface area contributed by atoms with Crippen molar-refractivity contribution in [3.8, 4) is 5.75 Å². The fourth-order valence-electron chi connectivity index (χ4n) is 3.96. The van der Waals surface area contributed by atoms with Gasteiger partial charge in [-0.1, -0.05) is 60.7 Å². The van der Waals surface area contributed by atoms with E-state index in [1.165, 1.54) is 0 Å². The Hall–Kier alpha value is -3.64. The van der Waals surface area contributed by atoms with Crippen molar-refractivity contribution < 1.29 is 24.2 Å². The number of fused-ring (bicyclic) bond motifs is 1. The molecule has 0 fully saturated rings. The van der Waals surface area contributed by atoms with Gasteiger partial charge in [0.05, 0.1) is 19.3 Å². The minimum Gasteiger partial charge on any atom is -0.497 e. The van der Waals surface area contributed by atoms with Gasteiger partial charge in [0.2, 0.25) is 0 Å². The van der Waals surface area contributed by atoms with Crippen molar-refractivity contribution in [2.75, 3.05) is 12.0 Å². The molecular weight excluding hydrogens is 406 g/mol. The maximum atomic E-state index is 13.6. The monoisotopic (exact) mass is 431 g/mol. The molecule has 1 aliphatic heterocycles. The highest BCUT2D eigenvalue weighted by molar-refractivity contribution is 5.98. The van der Waals surface area contributed by atoms with E-state index in [1.54, 1.807) is 12.0 Å². The Morgan fingerprint density at radius 2 is 1.69 bits per heavy atom. The van der Waals surface area contributed by atoms with Gasteiger partial charge >= 0.3 is 5.97 Å². The highest BCUT2D eigenvalue weighted by atomic mass is 16.5. The molecular formula is C26H25NO5. The fourth-order valence-corrected chi connectivity index (χ4v) is 3.96. The van der Waals surface area contributed by atoms with Gasteiger partial charge in [-0.15, -0.1) is 0 Å². The van der Waals surface area contributed by atoms with Crippen molar-refractivity contribution in [3.05, 3.63) is 95.6 Å². The molecule has 0 radical (unpaired) electrons. The van der Waals surface area contributed by atoms with Crippen LogP contribution in [0.1, 0.15) is 35.6 Å². The molecule has 2 atom stereocenters. The number of carbonyl (C=O) groups excluding carboxylic acids is 1. The third kappa shape index (κ3) is 4.65. The summed E-state index contributed by atoms with van der Waals surface area (Å²) in [5.74, 6) is -0.475. The van der Waals surface area contributed by atoms with E-state index in [0.29, 0.717) is 6.54 Å². The molecule has 3 aromatic rings. The Labute approximate surface area is 187 Å². The summed E-state index contributed by atoms with van der Waals surface area (Å²) in [5, 5.41) is 9.22. The predicted molar refractivity (Wildman–Crippen MR) is 121 cm³/mol. The number of benzene rings is 3. The Morgan fingerprint density at radius 1 is 1.00 bits per heavy atom. The van der Waals surface area contributed by atoms with Crippen LogP contribution >= 0.6 is 0 Å². The molecule has 0 spiro atoms. The van der Waals surface area contributed by atoms with Crippen molar-refractivity contribution in [1.82, 2.24) is 0 Å². The summed E-state index contributed by atoms with van der Waals surface area (Å²) in [5.41, 5.74) is 3.48. The maximum absolute atomic E-state index is 13.6. The van der Waals surface area contributed by atoms with Crippen molar-refractivity contribution in [2.45, 2.75) is 31.6 Å². The number of carboxylic acid groups (broad SMARTS) is 1. The Balaban J connectivity index is 1.78. The molecule has 1 heterocycles. The molecule has 6 heteroatoms. The van der Waals surface area contributed by atoms with Crippen LogP contribution in [0.4, 0.5) is 5.69 Å². The molecule has 1 amide bonds. The molecule has 164 valence electrons. The Bertz CT molecular complexity index is 1080. The summed E-state index contributed by atoms with van der Waals surface area (Å²) in [6.07, 6.45) is -1.45. The number of aliphatic carboxylic acids is 1. The average Bonchev–Trinajstić information content (AvgIpc) is 2.94. The first-order chi connectivity index (χ1) is 15.6. The largest absolute Gasteiger partial charge is 0.497 e. The Kier molecular flexibility index (Phi) is 6.52. The van der Waals surface area contributed by atoms with Crippen molar-refractivity contribution in [3.63, 3.8) is 0 Å². The van der Waals surface area contributed by atoms with Crippen molar-refractivity contribution >= 4 is 17.6 Å². The molecule has 0 unspecified atom stereocenters. The minimum atomic E-state index is -0.959. The van der Waals surface area contributed by atoms with Crippen molar-refractivity contribution in [1.29, 1.82) is 0 Å². The number of hydrogen-bond acceptors (Lipinski definition) is 4. The van der Waals surface area contributed by atoms with Gasteiger partial charge in [0.15, 0.2) is 0 Å². The lowest BCUT2D eigenvalue weighted by molar-refractivity contribution is -0.139. The van der Waals surface area contributed by atoms with E-state index >= 15 is 0 Å². The lowest BCUT2D eigenvalue weighted by Crippen LogP contribution is -2.39. The standard InChI is InChI=1S/C26H25NO5/c1-31-20-13-11-19(12-14-20)25-21-9-5-6-10-22(21)27(17-18-7-3-2-4-8-18)26(30)23(32-25)15-16-24(28)29/h2-14,23,25H,15-17H2,1H3,(H,28,29)/t23-,25-/m1/s1. The summed E-state index contributed by atoms with van der Waals surface area (Å²) in [4.78, 5) is 26.6. The SMILES string of the molecule is COc1ccc([C@H]2O[C@H](CCC(=O)O)C(=O)N(Cc3ccccc3)c3ccccc32)cc1. The van der Waals surface area contributed by atoms with E-state index in [1.807, 2.05) is 78.9 Å². The number of anilines is 1. The third-order valence-corrected chi connectivity index (χ3v) is 5.57. The molecule has 1 N–H and O–H groups in total. The zero-order valence-electron chi connectivity index (χ0n) is 17.8. The second-order valence-electron chi connectivity index (χ2n) is 7.68. The summed E-state index contributed by atoms with van der Waals surface area (Å²) < 4.78 is 11.6. The van der Waals surface area contributed by atoms with Gasteiger partial charge in [0.25, 0.3) is 5.91 Å². The molecule has 0 saturated carbocycles. The minimum absolute atomic E-state index is 0.0973. The van der Waals surface area contributed by atoms with E-state index < -0.39 is 18.2 Å². The number of carboxylic acids is 1. The molecule has 32 heavy (non-hydrogen) atoms. The second kappa shape index (κ2) is 9.66. The van der Waals surface area contributed by atoms with Gasteiger partial charge in [-0.2, -0.15) is 0 Å². The predicted octanol–water partition coefficient (Wildman–Crippen LogP) is 4.58. The number of rotatable bonds is 7. The van der Waals surface area contributed by atoms with Crippen LogP contribution < -0.4 is 9.64 Å². The van der Waals surface area contributed by atoms with Crippen LogP contribution in [0.5, 0.6) is 5.75 Å². The van der Waals surface area contributed by atoms with Gasteiger partial charge in [0, 0.05) is 12.0 Å². The zero-order valence-corrected chi connectivity index (χ0v) is 17.8. The molecule has 4 rings (SSSR count). The van der Waals surface area contributed by atoms with Crippen LogP contribution in [0.2, 0.25) is 0 Å². The van der Waals surface area contributed by atoms with Gasteiger partial charge in [-0.25, -0.2) is 0 Å². The first-order valence-corrected chi connectivity index (χ1v) is 10.5. The second-order valence-corrected chi connectivity index (χ2v) is 7.68. The smallest absolute Gasteiger partial charge is 0.303 e. The number of carbonyl (C=O) groups is 2. The topological polar surface area (TPSA) is 76.1 Å². The molecule has 0 aliphatic carbocycles. The quantitative estimate of drug-likeness (QED) is 0.593. The van der Waals surface area contributed by atoms with Crippen LogP contribution in [0, 0.1) is 0 Å². The van der Waals surface area contributed by atoms with Crippen molar-refractivity contribution in [2.24, 2.45) is 0 Å². The number of nitrogens with zero attached hydrogens (tertiary/aromatic N) is 1. The first kappa shape index (κ1) is 21.6. The van der Waals surface area contributed by atoms with Crippen LogP contribution in [0.15, 0.2) is 78.9 Å². The maximum Gasteiger partial charge on any atom is 0.303 e. The van der Waals surface area contributed by atoms with Crippen LogP contribution in [0.3, 0.4) is 0 Å². The van der Waals surface area contributed by atoms with E-state index in [4.69, 9.17) is 9.47 Å². The van der Waals surface area contributed by atoms with Crippen LogP contribution in [0.25, 0.3) is 0 Å². The summed E-state index contributed by atoms with van der Waals surface area (Å²) in [7, 11) is 1.61. The lowest BCUT2D eigenvalue weighted by Gasteiger charge is -2.25. The van der Waals surface area contributed by atoms with Gasteiger partial charge in [-0.3, -0.25) is 9.59 Å². The number of amides is 1. The number of hydrogen-bond donors (Lipinski definition) is 1. The molecule has 6 nitrogen and oxygen atoms in total. The Morgan fingerprint density at radius 3 is 2.38 bits per heavy atom. The van der Waals surface area contributed by atoms with Gasteiger partial charge in [-0.05, 0) is 35.7 Å². The summed E-state index contributed by atoms with van der Waals surface area (Å²) in [6, 6.07) is 24.9. The number of ether oxygens (including phenoxy) is 2. The third-order valence-electron chi connectivity index (χ3n) is 5.57. The van der Waals surface area contributed by atoms with E-state index in [9.17, 15) is 14.7 Å². The summed E-state index contributed by atoms with van der Waals surface area (Å²) in [6.45, 7) is 0.374. The molecule has 0 bridgehead atoms. The highest BCUT2D eigenvalue weighted by Gasteiger charge is 2.36. The summed E-state index contributed by atoms with van der Waals surface area (Å²) >= 11 is 0. The molecule has 3 aromatic carbocycles. The van der Waals surface area contributed by atoms with E-state index in [-0.39, 0.29) is 18.7 Å². The normalized spacial score (nSPS) is 18.0. The first-order valence-electron chi connectivity index (χ1n) is 10.5. The number of para-hydroxylation sites is 1. The van der Waals surface area contributed by atoms with Crippen LogP contribution in [-0.4, -0.2) is 30.2 Å². The van der Waals surface area contributed by atoms with E-state index in [0.717, 1.165) is 28.1 Å². The lowest BCUT2D eigenvalue weighted by atomic mass is 9.99. The molecule has 1 aliphatic rings. The fraction of sp³-hybridized carbons (Fsp3) is 0.231. The highest BCUT2D eigenvalue weighted by Crippen LogP contribution is 2.39. The van der Waals surface area contributed by atoms with Gasteiger partial charge < -0.3 is 19.5 Å². The molecule has 0 saturated heterocycles. The van der Waals surface area contributed by atoms with Gasteiger partial charge in [0.1, 0.15) is 18.0 Å². The number of methoxy groups -OCH3 is 1. The average molecular weight is 431 g/mol. The van der Waals surface area contributed by atoms with E-state index in [2.05, 4.69) is 0 Å².